The summed E-state index contributed by atoms with van der Waals surface area (Å²) < 4.78 is 21.9. The summed E-state index contributed by atoms with van der Waals surface area (Å²) in [7, 11) is 10.3. The number of rotatable bonds is 40. The number of ether oxygens (including phenoxy) is 4. The van der Waals surface area contributed by atoms with Crippen LogP contribution in [0.2, 0.25) is 0 Å². The van der Waals surface area contributed by atoms with Gasteiger partial charge in [0.05, 0.1) is 55.0 Å². The van der Waals surface area contributed by atoms with Crippen LogP contribution in [-0.2, 0) is 38.1 Å². The molecule has 0 saturated heterocycles. The van der Waals surface area contributed by atoms with Crippen molar-refractivity contribution >= 4 is 23.9 Å². The summed E-state index contributed by atoms with van der Waals surface area (Å²) in [6.07, 6.45) is 34.6. The highest BCUT2D eigenvalue weighted by atomic mass is 79.9. The van der Waals surface area contributed by atoms with Crippen LogP contribution in [0, 0.1) is 0 Å². The van der Waals surface area contributed by atoms with E-state index in [2.05, 4.69) is 39.9 Å². The summed E-state index contributed by atoms with van der Waals surface area (Å²) in [5, 5.41) is 0. The highest BCUT2D eigenvalue weighted by Gasteiger charge is 2.16. The Labute approximate surface area is 391 Å². The van der Waals surface area contributed by atoms with E-state index in [1.54, 1.807) is 0 Å². The second kappa shape index (κ2) is 47.2. The van der Waals surface area contributed by atoms with Crippen molar-refractivity contribution in [1.29, 1.82) is 0 Å². The number of halogens is 2. The van der Waals surface area contributed by atoms with E-state index in [-0.39, 0.29) is 57.8 Å². The fourth-order valence-electron chi connectivity index (χ4n) is 6.96. The Morgan fingerprint density at radius 1 is 0.367 bits per heavy atom. The smallest absolute Gasteiger partial charge is 0.305 e. The number of quaternary nitrogens is 2. The minimum absolute atomic E-state index is 0. The van der Waals surface area contributed by atoms with Crippen molar-refractivity contribution in [3.05, 3.63) is 0 Å². The van der Waals surface area contributed by atoms with E-state index in [0.717, 1.165) is 73.5 Å². The largest absolute Gasteiger partial charge is 1.00 e. The summed E-state index contributed by atoms with van der Waals surface area (Å²) in [6, 6.07) is 0. The molecule has 0 aliphatic carbocycles. The van der Waals surface area contributed by atoms with E-state index < -0.39 is 0 Å². The van der Waals surface area contributed by atoms with Gasteiger partial charge in [-0.3, -0.25) is 19.2 Å². The predicted octanol–water partition coefficient (Wildman–Crippen LogP) is 5.31. The molecule has 0 heterocycles. The van der Waals surface area contributed by atoms with E-state index in [9.17, 15) is 19.2 Å². The third-order valence-electron chi connectivity index (χ3n) is 11.0. The molecule has 0 aromatic carbocycles. The van der Waals surface area contributed by atoms with E-state index in [0.29, 0.717) is 32.7 Å². The van der Waals surface area contributed by atoms with Crippen LogP contribution >= 0.6 is 0 Å². The fraction of sp³-hybridized carbons (Fsp3) is 0.917. The molecule has 0 aromatic rings. The zero-order valence-corrected chi connectivity index (χ0v) is 43.5. The van der Waals surface area contributed by atoms with E-state index in [1.807, 2.05) is 0 Å². The second-order valence-corrected chi connectivity index (χ2v) is 17.9. The van der Waals surface area contributed by atoms with Crippen molar-refractivity contribution in [3.63, 3.8) is 0 Å². The van der Waals surface area contributed by atoms with Crippen LogP contribution in [0.15, 0.2) is 0 Å². The fourth-order valence-corrected chi connectivity index (χ4v) is 6.96. The van der Waals surface area contributed by atoms with Crippen molar-refractivity contribution in [1.82, 2.24) is 0 Å². The van der Waals surface area contributed by atoms with Gasteiger partial charge in [-0.15, -0.1) is 0 Å². The van der Waals surface area contributed by atoms with Gasteiger partial charge in [-0.25, -0.2) is 0 Å². The number of nitrogens with zero attached hydrogens (tertiary/aromatic N) is 2. The van der Waals surface area contributed by atoms with Gasteiger partial charge in [0.1, 0.15) is 26.3 Å². The number of carbonyl (C=O) groups excluding carboxylic acids is 4. The lowest BCUT2D eigenvalue weighted by Crippen LogP contribution is -3.00. The first-order chi connectivity index (χ1) is 27.7. The lowest BCUT2D eigenvalue weighted by molar-refractivity contribution is -0.890. The number of hydrogen-bond donors (Lipinski definition) is 0. The molecule has 0 bridgehead atoms. The maximum Gasteiger partial charge on any atom is 0.305 e. The topological polar surface area (TPSA) is 105 Å². The molecule has 60 heavy (non-hydrogen) atoms. The van der Waals surface area contributed by atoms with Crippen LogP contribution in [0.25, 0.3) is 0 Å². The van der Waals surface area contributed by atoms with Gasteiger partial charge < -0.3 is 61.9 Å². The summed E-state index contributed by atoms with van der Waals surface area (Å²) in [5.41, 5.74) is 0. The molecular weight excluding hydrogens is 892 g/mol. The quantitative estimate of drug-likeness (QED) is 0.0353. The molecule has 0 atom stereocenters. The Morgan fingerprint density at radius 3 is 1.00 bits per heavy atom. The van der Waals surface area contributed by atoms with Crippen molar-refractivity contribution < 1.29 is 81.1 Å². The molecule has 0 aliphatic heterocycles. The average molecular weight is 989 g/mol. The number of unbranched alkanes of at least 4 members (excludes halogenated alkanes) is 24. The molecule has 360 valence electrons. The third-order valence-corrected chi connectivity index (χ3v) is 11.0. The lowest BCUT2D eigenvalue weighted by Gasteiger charge is -2.29. The molecular formula is C48H96Br2N2O8. The average Bonchev–Trinajstić information content (AvgIpc) is 3.16. The van der Waals surface area contributed by atoms with Crippen molar-refractivity contribution in [2.75, 3.05) is 81.3 Å². The first kappa shape index (κ1) is 65.4. The SMILES string of the molecule is CCCCCCCCCCCC[N+](C)(C)CCOC(C)=O.COC(=O)CCCCCCCCCCC(=O)OCCCCCCCCCCC[N+](C)(C)CCOC(C)=O.[Br-].[Br-]. The van der Waals surface area contributed by atoms with E-state index in [1.165, 1.54) is 156 Å². The van der Waals surface area contributed by atoms with Crippen LogP contribution in [-0.4, -0.2) is 114 Å². The summed E-state index contributed by atoms with van der Waals surface area (Å²) >= 11 is 0. The molecule has 0 rings (SSSR count). The van der Waals surface area contributed by atoms with Gasteiger partial charge in [0.15, 0.2) is 0 Å². The van der Waals surface area contributed by atoms with E-state index in [4.69, 9.17) is 14.2 Å². The van der Waals surface area contributed by atoms with Gasteiger partial charge in [0.25, 0.3) is 0 Å². The van der Waals surface area contributed by atoms with E-state index >= 15 is 0 Å². The van der Waals surface area contributed by atoms with Crippen LogP contribution in [0.5, 0.6) is 0 Å². The zero-order valence-electron chi connectivity index (χ0n) is 40.4. The Balaban J connectivity index is -0.000000582. The highest BCUT2D eigenvalue weighted by Crippen LogP contribution is 2.14. The summed E-state index contributed by atoms with van der Waals surface area (Å²) in [6.45, 7) is 10.9. The van der Waals surface area contributed by atoms with Gasteiger partial charge in [-0.2, -0.15) is 0 Å². The van der Waals surface area contributed by atoms with Crippen molar-refractivity contribution in [2.45, 2.75) is 207 Å². The normalized spacial score (nSPS) is 11.1. The molecule has 0 aromatic heterocycles. The van der Waals surface area contributed by atoms with Crippen molar-refractivity contribution in [3.8, 4) is 0 Å². The van der Waals surface area contributed by atoms with Gasteiger partial charge >= 0.3 is 23.9 Å². The molecule has 0 saturated carbocycles. The standard InChI is InChI=1S/C30H58NO6.C18H38NO2.2BrH/c1-28(32)36-27-25-31(2,3)24-20-16-12-8-5-9-13-17-21-26-37-30(34)23-19-15-11-7-6-10-14-18-22-29(33)35-4;1-5-6-7-8-9-10-11-12-13-14-15-19(3,4)16-17-21-18(2)20;;/h5-27H2,1-4H3;5-17H2,1-4H3;2*1H/q2*+1;;/p-2. The first-order valence-corrected chi connectivity index (χ1v) is 23.9. The number of hydrogen-bond acceptors (Lipinski definition) is 8. The summed E-state index contributed by atoms with van der Waals surface area (Å²) in [4.78, 5) is 44.5. The summed E-state index contributed by atoms with van der Waals surface area (Å²) in [5.74, 6) is -0.530. The molecule has 12 heteroatoms. The van der Waals surface area contributed by atoms with Gasteiger partial charge in [0, 0.05) is 26.7 Å². The maximum absolute atomic E-state index is 11.9. The molecule has 0 fully saturated rings. The maximum atomic E-state index is 11.9. The van der Waals surface area contributed by atoms with Crippen LogP contribution in [0.1, 0.15) is 207 Å². The van der Waals surface area contributed by atoms with Gasteiger partial charge in [-0.1, -0.05) is 135 Å². The minimum Gasteiger partial charge on any atom is -1.00 e. The van der Waals surface area contributed by atoms with Gasteiger partial charge in [-0.05, 0) is 44.9 Å². The van der Waals surface area contributed by atoms with Crippen LogP contribution in [0.4, 0.5) is 0 Å². The molecule has 0 radical (unpaired) electrons. The Morgan fingerprint density at radius 2 is 0.667 bits per heavy atom. The first-order valence-electron chi connectivity index (χ1n) is 23.9. The van der Waals surface area contributed by atoms with Crippen LogP contribution in [0.3, 0.4) is 0 Å². The lowest BCUT2D eigenvalue weighted by atomic mass is 10.1. The Kier molecular flexibility index (Phi) is 51.5. The number of esters is 4. The molecule has 0 amide bonds. The van der Waals surface area contributed by atoms with Crippen LogP contribution < -0.4 is 34.0 Å². The Hall–Kier alpha value is -1.24. The molecule has 0 unspecified atom stereocenters. The number of carbonyl (C=O) groups is 4. The zero-order chi connectivity index (χ0) is 43.6. The third kappa shape index (κ3) is 54.8. The minimum atomic E-state index is -0.197. The number of methoxy groups -OCH3 is 1. The predicted molar refractivity (Wildman–Crippen MR) is 239 cm³/mol. The molecule has 0 N–H and O–H groups in total. The molecule has 0 aliphatic rings. The molecule has 0 spiro atoms. The number of likely N-dealkylation sites (N-methyl/N-ethyl adjacent to an activating group) is 2. The molecule has 10 nitrogen and oxygen atoms in total. The highest BCUT2D eigenvalue weighted by molar-refractivity contribution is 5.69. The van der Waals surface area contributed by atoms with Gasteiger partial charge in [0.2, 0.25) is 0 Å². The Bertz CT molecular complexity index is 984. The van der Waals surface area contributed by atoms with Crippen molar-refractivity contribution in [2.24, 2.45) is 0 Å². The second-order valence-electron chi connectivity index (χ2n) is 17.9. The monoisotopic (exact) mass is 987 g/mol.